The molecule has 452 valence electrons. The third-order valence-corrected chi connectivity index (χ3v) is 15.8. The van der Waals surface area contributed by atoms with Crippen LogP contribution in [0.2, 0.25) is 0 Å². The van der Waals surface area contributed by atoms with Gasteiger partial charge in [0.05, 0.1) is 25.4 Å². The van der Waals surface area contributed by atoms with Gasteiger partial charge in [-0.15, -0.1) is 0 Å². The maximum Gasteiger partial charge on any atom is 0.305 e. The van der Waals surface area contributed by atoms with Gasteiger partial charge in [0, 0.05) is 12.8 Å². The molecule has 0 saturated heterocycles. The minimum atomic E-state index is -0.843. The first-order chi connectivity index (χ1) is 38.0. The quantitative estimate of drug-likeness (QED) is 0.0320. The highest BCUT2D eigenvalue weighted by atomic mass is 16.5. The van der Waals surface area contributed by atoms with Gasteiger partial charge in [0.15, 0.2) is 0 Å². The molecule has 0 aromatic heterocycles. The predicted octanol–water partition coefficient (Wildman–Crippen LogP) is 22.1. The summed E-state index contributed by atoms with van der Waals surface area (Å²) in [5, 5.41) is 23.1. The van der Waals surface area contributed by atoms with E-state index in [4.69, 9.17) is 4.74 Å². The molecule has 0 aliphatic rings. The molecule has 0 bridgehead atoms. The summed E-state index contributed by atoms with van der Waals surface area (Å²) in [5.74, 6) is -0.0604. The van der Waals surface area contributed by atoms with Crippen molar-refractivity contribution in [3.05, 3.63) is 48.6 Å². The van der Waals surface area contributed by atoms with E-state index in [1.54, 1.807) is 6.08 Å². The Kier molecular flexibility index (Phi) is 64.5. The Labute approximate surface area is 480 Å². The van der Waals surface area contributed by atoms with Crippen LogP contribution in [0.15, 0.2) is 48.6 Å². The molecule has 1 amide bonds. The molecule has 0 rings (SSSR count). The van der Waals surface area contributed by atoms with E-state index in [2.05, 4.69) is 55.6 Å². The van der Waals surface area contributed by atoms with Crippen molar-refractivity contribution in [1.29, 1.82) is 0 Å². The first-order valence-electron chi connectivity index (χ1n) is 34.4. The second kappa shape index (κ2) is 66.3. The number of ether oxygens (including phenoxy) is 1. The van der Waals surface area contributed by atoms with E-state index in [0.29, 0.717) is 19.4 Å². The number of allylic oxidation sites excluding steroid dienone is 7. The van der Waals surface area contributed by atoms with Crippen molar-refractivity contribution in [2.75, 3.05) is 13.2 Å². The van der Waals surface area contributed by atoms with Crippen LogP contribution in [-0.4, -0.2) is 47.4 Å². The highest BCUT2D eigenvalue weighted by Crippen LogP contribution is 2.18. The van der Waals surface area contributed by atoms with Gasteiger partial charge in [0.1, 0.15) is 0 Å². The van der Waals surface area contributed by atoms with Crippen molar-refractivity contribution in [2.24, 2.45) is 0 Å². The number of rotatable bonds is 64. The molecule has 2 unspecified atom stereocenters. The average molecular weight is 1080 g/mol. The summed E-state index contributed by atoms with van der Waals surface area (Å²) in [6, 6.07) is -0.626. The van der Waals surface area contributed by atoms with Crippen molar-refractivity contribution in [1.82, 2.24) is 5.32 Å². The van der Waals surface area contributed by atoms with Crippen LogP contribution in [0, 0.1) is 0 Å². The van der Waals surface area contributed by atoms with E-state index < -0.39 is 12.1 Å². The Morgan fingerprint density at radius 3 is 1.01 bits per heavy atom. The standard InChI is InChI=1S/C71H133NO5/c1-3-5-7-9-11-13-15-17-40-43-47-51-55-59-63-69(74)68(67-73)72-70(75)64-60-56-52-48-44-41-37-35-33-31-29-27-25-23-21-19-18-20-22-24-26-28-30-32-34-36-38-42-46-50-54-58-62-66-77-71(76)65-61-57-53-49-45-39-16-14-12-10-8-6-4-2/h14,16,22,24,28,30,59,63,68-69,73-74H,3-13,15,17-21,23,25-27,29,31-58,60-62,64-67H2,1-2H3,(H,72,75)/b16-14-,24-22-,30-28-,63-59+. The summed E-state index contributed by atoms with van der Waals surface area (Å²) in [4.78, 5) is 24.5. The Morgan fingerprint density at radius 2 is 0.649 bits per heavy atom. The first kappa shape index (κ1) is 74.8. The zero-order valence-electron chi connectivity index (χ0n) is 51.7. The second-order valence-corrected chi connectivity index (χ2v) is 23.5. The molecule has 0 radical (unpaired) electrons. The molecule has 2 atom stereocenters. The van der Waals surface area contributed by atoms with E-state index in [0.717, 1.165) is 51.4 Å². The molecule has 6 nitrogen and oxygen atoms in total. The Morgan fingerprint density at radius 1 is 0.364 bits per heavy atom. The van der Waals surface area contributed by atoms with Crippen LogP contribution in [0.4, 0.5) is 0 Å². The van der Waals surface area contributed by atoms with Gasteiger partial charge in [-0.3, -0.25) is 9.59 Å². The SMILES string of the molecule is CCCCCC/C=C\CCCCCCCC(=O)OCCCCCCCCCCC/C=C\C/C=C\CCCCCCCCCCCCCCCCCCCC(=O)NC(CO)C(O)/C=C/CCCCCCCCCCCCCC. The van der Waals surface area contributed by atoms with E-state index in [9.17, 15) is 19.8 Å². The molecule has 0 aromatic carbocycles. The molecule has 0 aliphatic heterocycles. The van der Waals surface area contributed by atoms with Gasteiger partial charge in [-0.25, -0.2) is 0 Å². The summed E-state index contributed by atoms with van der Waals surface area (Å²) in [6.07, 6.45) is 86.2. The summed E-state index contributed by atoms with van der Waals surface area (Å²) in [5.41, 5.74) is 0. The van der Waals surface area contributed by atoms with Crippen LogP contribution in [0.1, 0.15) is 367 Å². The lowest BCUT2D eigenvalue weighted by atomic mass is 10.0. The van der Waals surface area contributed by atoms with Crippen LogP contribution in [-0.2, 0) is 14.3 Å². The molecule has 0 fully saturated rings. The number of amides is 1. The predicted molar refractivity (Wildman–Crippen MR) is 338 cm³/mol. The fourth-order valence-corrected chi connectivity index (χ4v) is 10.5. The Balaban J connectivity index is 3.39. The lowest BCUT2D eigenvalue weighted by Gasteiger charge is -2.20. The van der Waals surface area contributed by atoms with Gasteiger partial charge in [-0.1, -0.05) is 313 Å². The number of nitrogens with one attached hydrogen (secondary N) is 1. The van der Waals surface area contributed by atoms with Crippen molar-refractivity contribution >= 4 is 11.9 Å². The average Bonchev–Trinajstić information content (AvgIpc) is 3.43. The zero-order valence-corrected chi connectivity index (χ0v) is 51.7. The van der Waals surface area contributed by atoms with E-state index >= 15 is 0 Å². The van der Waals surface area contributed by atoms with Crippen LogP contribution in [0.25, 0.3) is 0 Å². The fourth-order valence-electron chi connectivity index (χ4n) is 10.5. The molecule has 0 aliphatic carbocycles. The monoisotopic (exact) mass is 1080 g/mol. The largest absolute Gasteiger partial charge is 0.466 e. The normalized spacial score (nSPS) is 12.8. The number of aliphatic hydroxyl groups excluding tert-OH is 2. The van der Waals surface area contributed by atoms with Crippen LogP contribution < -0.4 is 5.32 Å². The number of carbonyl (C=O) groups is 2. The third-order valence-electron chi connectivity index (χ3n) is 15.8. The second-order valence-electron chi connectivity index (χ2n) is 23.5. The summed E-state index contributed by atoms with van der Waals surface area (Å²) >= 11 is 0. The lowest BCUT2D eigenvalue weighted by molar-refractivity contribution is -0.143. The lowest BCUT2D eigenvalue weighted by Crippen LogP contribution is -2.45. The Bertz CT molecular complexity index is 1290. The Hall–Kier alpha value is -2.18. The van der Waals surface area contributed by atoms with Gasteiger partial charge < -0.3 is 20.3 Å². The van der Waals surface area contributed by atoms with Crippen LogP contribution in [0.5, 0.6) is 0 Å². The topological polar surface area (TPSA) is 95.9 Å². The van der Waals surface area contributed by atoms with Crippen molar-refractivity contribution in [3.8, 4) is 0 Å². The molecular formula is C71H133NO5. The molecule has 3 N–H and O–H groups in total. The van der Waals surface area contributed by atoms with Crippen LogP contribution >= 0.6 is 0 Å². The first-order valence-corrected chi connectivity index (χ1v) is 34.4. The zero-order chi connectivity index (χ0) is 55.7. The highest BCUT2D eigenvalue weighted by Gasteiger charge is 2.18. The molecule has 0 heterocycles. The minimum Gasteiger partial charge on any atom is -0.466 e. The third kappa shape index (κ3) is 62.9. The van der Waals surface area contributed by atoms with Crippen molar-refractivity contribution in [3.63, 3.8) is 0 Å². The highest BCUT2D eigenvalue weighted by molar-refractivity contribution is 5.76. The maximum atomic E-state index is 12.5. The van der Waals surface area contributed by atoms with Gasteiger partial charge >= 0.3 is 5.97 Å². The summed E-state index contributed by atoms with van der Waals surface area (Å²) in [7, 11) is 0. The number of unbranched alkanes of at least 4 members (excludes halogenated alkanes) is 47. The summed E-state index contributed by atoms with van der Waals surface area (Å²) < 4.78 is 5.47. The number of esters is 1. The van der Waals surface area contributed by atoms with E-state index in [-0.39, 0.29) is 18.5 Å². The number of hydrogen-bond donors (Lipinski definition) is 3. The number of aliphatic hydroxyl groups is 2. The molecule has 0 aromatic rings. The molecular weight excluding hydrogens is 947 g/mol. The fraction of sp³-hybridized carbons (Fsp3) is 0.859. The van der Waals surface area contributed by atoms with Crippen LogP contribution in [0.3, 0.4) is 0 Å². The van der Waals surface area contributed by atoms with Gasteiger partial charge in [0.25, 0.3) is 0 Å². The number of hydrogen-bond acceptors (Lipinski definition) is 5. The van der Waals surface area contributed by atoms with Gasteiger partial charge in [-0.2, -0.15) is 0 Å². The van der Waals surface area contributed by atoms with Crippen molar-refractivity contribution < 1.29 is 24.5 Å². The smallest absolute Gasteiger partial charge is 0.305 e. The van der Waals surface area contributed by atoms with Crippen molar-refractivity contribution in [2.45, 2.75) is 379 Å². The van der Waals surface area contributed by atoms with E-state index in [1.807, 2.05) is 6.08 Å². The number of carbonyl (C=O) groups excluding carboxylic acids is 2. The minimum absolute atomic E-state index is 0.00454. The van der Waals surface area contributed by atoms with Gasteiger partial charge in [-0.05, 0) is 89.9 Å². The molecule has 77 heavy (non-hydrogen) atoms. The molecule has 6 heteroatoms. The molecule has 0 saturated carbocycles. The van der Waals surface area contributed by atoms with Gasteiger partial charge in [0.2, 0.25) is 5.91 Å². The summed E-state index contributed by atoms with van der Waals surface area (Å²) in [6.45, 7) is 4.90. The maximum absolute atomic E-state index is 12.5. The van der Waals surface area contributed by atoms with E-state index in [1.165, 1.54) is 289 Å². The molecule has 0 spiro atoms.